The van der Waals surface area contributed by atoms with Gasteiger partial charge in [0.15, 0.2) is 0 Å². The van der Waals surface area contributed by atoms with Crippen molar-refractivity contribution in [3.8, 4) is 17.6 Å². The first-order valence-electron chi connectivity index (χ1n) is 18.8. The lowest BCUT2D eigenvalue weighted by Gasteiger charge is -2.46. The molecule has 4 amide bonds. The van der Waals surface area contributed by atoms with Crippen LogP contribution in [0.3, 0.4) is 0 Å². The minimum atomic E-state index is -1.75. The van der Waals surface area contributed by atoms with Crippen LogP contribution in [0.25, 0.3) is 11.0 Å². The smallest absolute Gasteiger partial charge is 0.324 e. The van der Waals surface area contributed by atoms with Gasteiger partial charge in [-0.3, -0.25) is 19.3 Å². The number of esters is 1. The van der Waals surface area contributed by atoms with E-state index in [1.807, 2.05) is 89.8 Å². The number of aromatic hydroxyl groups is 1. The van der Waals surface area contributed by atoms with Crippen molar-refractivity contribution in [2.24, 2.45) is 11.7 Å². The molecule has 288 valence electrons. The molecule has 2 saturated heterocycles. The topological polar surface area (TPSA) is 192 Å². The number of nitrogens with one attached hydrogen (secondary N) is 4. The Bertz CT molecular complexity index is 2610. The summed E-state index contributed by atoms with van der Waals surface area (Å²) in [5.41, 5.74) is 8.54. The van der Waals surface area contributed by atoms with E-state index in [1.54, 1.807) is 30.3 Å². The summed E-state index contributed by atoms with van der Waals surface area (Å²) in [6, 6.07) is 34.6. The van der Waals surface area contributed by atoms with Crippen LogP contribution in [0.5, 0.6) is 5.75 Å². The highest BCUT2D eigenvalue weighted by atomic mass is 16.6. The normalized spacial score (nSPS) is 23.3. The van der Waals surface area contributed by atoms with Gasteiger partial charge in [-0.25, -0.2) is 9.78 Å². The van der Waals surface area contributed by atoms with Crippen molar-refractivity contribution in [2.75, 3.05) is 11.9 Å². The molecule has 0 aliphatic carbocycles. The van der Waals surface area contributed by atoms with E-state index in [2.05, 4.69) is 37.8 Å². The fourth-order valence-corrected chi connectivity index (χ4v) is 8.98. The quantitative estimate of drug-likeness (QED) is 0.0978. The van der Waals surface area contributed by atoms with E-state index in [-0.39, 0.29) is 18.8 Å². The summed E-state index contributed by atoms with van der Waals surface area (Å²) in [5, 5.41) is 19.1. The number of ether oxygens (including phenoxy) is 1. The summed E-state index contributed by atoms with van der Waals surface area (Å²) in [4.78, 5) is 66.6. The van der Waals surface area contributed by atoms with Crippen LogP contribution in [0, 0.1) is 17.8 Å². The fourth-order valence-electron chi connectivity index (χ4n) is 8.98. The Morgan fingerprint density at radius 3 is 2.28 bits per heavy atom. The first-order valence-corrected chi connectivity index (χ1v) is 18.8. The number of amides is 4. The van der Waals surface area contributed by atoms with Crippen LogP contribution in [-0.2, 0) is 31.1 Å². The minimum Gasteiger partial charge on any atom is -0.508 e. The Balaban J connectivity index is 1.27. The number of hydrogen-bond acceptors (Lipinski definition) is 8. The number of rotatable bonds is 7. The highest BCUT2D eigenvalue weighted by molar-refractivity contribution is 6.12. The number of morpholine rings is 1. The maximum atomic E-state index is 15.3. The van der Waals surface area contributed by atoms with Crippen LogP contribution >= 0.6 is 0 Å². The predicted molar refractivity (Wildman–Crippen MR) is 214 cm³/mol. The van der Waals surface area contributed by atoms with Crippen molar-refractivity contribution in [2.45, 2.75) is 36.2 Å². The Labute approximate surface area is 332 Å². The molecule has 2 fully saturated rings. The third kappa shape index (κ3) is 6.07. The van der Waals surface area contributed by atoms with E-state index in [9.17, 15) is 14.7 Å². The van der Waals surface area contributed by atoms with Gasteiger partial charge < -0.3 is 36.5 Å². The second-order valence-corrected chi connectivity index (χ2v) is 14.5. The molecule has 0 unspecified atom stereocenters. The molecule has 9 rings (SSSR count). The lowest BCUT2D eigenvalue weighted by Crippen LogP contribution is -2.54. The van der Waals surface area contributed by atoms with E-state index in [1.165, 1.54) is 12.1 Å². The van der Waals surface area contributed by atoms with Crippen LogP contribution in [0.4, 0.5) is 10.5 Å². The number of aromatic nitrogens is 2. The van der Waals surface area contributed by atoms with Crippen LogP contribution < -0.4 is 21.7 Å². The Morgan fingerprint density at radius 2 is 1.55 bits per heavy atom. The zero-order valence-electron chi connectivity index (χ0n) is 30.9. The molecule has 0 bridgehead atoms. The Kier molecular flexibility index (Phi) is 9.10. The molecular weight excluding hydrogens is 735 g/mol. The van der Waals surface area contributed by atoms with E-state index >= 15 is 9.59 Å². The van der Waals surface area contributed by atoms with E-state index in [0.29, 0.717) is 28.2 Å². The molecule has 6 aromatic rings. The molecule has 3 aliphatic heterocycles. The number of hydrogen-bond donors (Lipinski definition) is 6. The van der Waals surface area contributed by atoms with Crippen molar-refractivity contribution in [3.63, 3.8) is 0 Å². The summed E-state index contributed by atoms with van der Waals surface area (Å²) in [6.45, 7) is -0.0354. The van der Waals surface area contributed by atoms with Gasteiger partial charge in [0, 0.05) is 11.3 Å². The SMILES string of the molecule is NC(=O)NCC#Cc1ccc2c(c1)[C@]1(C(=O)N2)[C@H](C(=O)NCc2nc3ccccc3[nH]2)[C@H]2C(=O)O[C@H](c3ccccc3)[C@H](c3ccccc3)N2[C@@H]1c1ccc(O)cc1. The summed E-state index contributed by atoms with van der Waals surface area (Å²) in [6.07, 6.45) is -0.833. The summed E-state index contributed by atoms with van der Waals surface area (Å²) < 4.78 is 6.46. The Morgan fingerprint density at radius 1 is 0.845 bits per heavy atom. The molecule has 1 aromatic heterocycles. The number of nitrogens with zero attached hydrogens (tertiary/aromatic N) is 2. The minimum absolute atomic E-state index is 0.00528. The molecule has 6 atom stereocenters. The van der Waals surface area contributed by atoms with Gasteiger partial charge in [-0.2, -0.15) is 0 Å². The number of carbonyl (C=O) groups excluding carboxylic acids is 4. The summed E-state index contributed by atoms with van der Waals surface area (Å²) in [5.74, 6) is 3.35. The van der Waals surface area contributed by atoms with Crippen LogP contribution in [0.1, 0.15) is 51.8 Å². The lowest BCUT2D eigenvalue weighted by molar-refractivity contribution is -0.178. The average molecular weight is 772 g/mol. The number of fused-ring (bicyclic) bond motifs is 4. The fraction of sp³-hybridized carbons (Fsp3) is 0.178. The number of cyclic esters (lactones) is 1. The molecule has 13 heteroatoms. The summed E-state index contributed by atoms with van der Waals surface area (Å²) in [7, 11) is 0. The second-order valence-electron chi connectivity index (χ2n) is 14.5. The molecule has 58 heavy (non-hydrogen) atoms. The number of para-hydroxylation sites is 2. The van der Waals surface area contributed by atoms with E-state index in [0.717, 1.165) is 22.2 Å². The number of H-pyrrole nitrogens is 1. The number of nitrogens with two attached hydrogens (primary N) is 1. The van der Waals surface area contributed by atoms with Gasteiger partial charge in [-0.05, 0) is 64.7 Å². The number of carbonyl (C=O) groups is 4. The predicted octanol–water partition coefficient (Wildman–Crippen LogP) is 4.88. The van der Waals surface area contributed by atoms with Crippen molar-refractivity contribution in [1.82, 2.24) is 25.5 Å². The molecule has 0 radical (unpaired) electrons. The molecule has 3 aliphatic rings. The number of primary amides is 1. The van der Waals surface area contributed by atoms with Gasteiger partial charge in [-0.15, -0.1) is 0 Å². The molecule has 13 nitrogen and oxygen atoms in total. The number of urea groups is 1. The monoisotopic (exact) mass is 771 g/mol. The van der Waals surface area contributed by atoms with Gasteiger partial charge in [0.1, 0.15) is 29.1 Å². The lowest BCUT2D eigenvalue weighted by atomic mass is 9.65. The molecule has 4 heterocycles. The van der Waals surface area contributed by atoms with Crippen LogP contribution in [0.2, 0.25) is 0 Å². The average Bonchev–Trinajstić information content (AvgIpc) is 3.89. The zero-order chi connectivity index (χ0) is 40.0. The van der Waals surface area contributed by atoms with Gasteiger partial charge >= 0.3 is 12.0 Å². The Hall–Kier alpha value is -7.43. The first kappa shape index (κ1) is 36.2. The maximum Gasteiger partial charge on any atom is 0.324 e. The first-order chi connectivity index (χ1) is 28.2. The number of benzene rings is 5. The van der Waals surface area contributed by atoms with Crippen molar-refractivity contribution in [3.05, 3.63) is 161 Å². The zero-order valence-corrected chi connectivity index (χ0v) is 30.9. The number of phenolic OH excluding ortho intramolecular Hbond substituents is 1. The number of anilines is 1. The van der Waals surface area contributed by atoms with Gasteiger partial charge in [-0.1, -0.05) is 96.8 Å². The maximum absolute atomic E-state index is 15.3. The van der Waals surface area contributed by atoms with Gasteiger partial charge in [0.25, 0.3) is 0 Å². The number of imidazole rings is 1. The number of aromatic amines is 1. The standard InChI is InChI=1S/C45H37N7O6/c46-44(57)47-23-9-10-26-17-22-32-31(24-26)45(43(56)51-32)36(41(54)48-25-35-49-33-15-7-8-16-34(33)50-35)38-42(55)58-39(28-13-5-2-6-14-28)37(27-11-3-1-4-12-27)52(38)40(45)29-18-20-30(53)21-19-29/h1-8,11-22,24,36-40,53H,23,25H2,(H,48,54)(H,49,50)(H,51,56)(H3,46,47,57)/t36-,37-,38-,39+,40+,45-/m0/s1. The molecule has 1 spiro atoms. The van der Waals surface area contributed by atoms with Gasteiger partial charge in [0.2, 0.25) is 11.8 Å². The second kappa shape index (κ2) is 14.6. The van der Waals surface area contributed by atoms with E-state index < -0.39 is 59.4 Å². The van der Waals surface area contributed by atoms with Crippen molar-refractivity contribution in [1.29, 1.82) is 0 Å². The highest BCUT2D eigenvalue weighted by Gasteiger charge is 2.74. The third-order valence-corrected chi connectivity index (χ3v) is 11.3. The molecule has 0 saturated carbocycles. The van der Waals surface area contributed by atoms with Crippen LogP contribution in [-0.4, -0.2) is 56.4 Å². The van der Waals surface area contributed by atoms with Gasteiger partial charge in [0.05, 0.1) is 42.1 Å². The van der Waals surface area contributed by atoms with Crippen LogP contribution in [0.15, 0.2) is 127 Å². The molecule has 5 aromatic carbocycles. The number of phenols is 1. The van der Waals surface area contributed by atoms with Crippen molar-refractivity contribution >= 4 is 40.5 Å². The highest BCUT2D eigenvalue weighted by Crippen LogP contribution is 2.64. The largest absolute Gasteiger partial charge is 0.508 e. The molecular formula is C45H37N7O6. The van der Waals surface area contributed by atoms with Crippen molar-refractivity contribution < 1.29 is 29.0 Å². The molecule has 7 N–H and O–H groups in total. The van der Waals surface area contributed by atoms with E-state index in [4.69, 9.17) is 10.5 Å². The summed E-state index contributed by atoms with van der Waals surface area (Å²) >= 11 is 0. The third-order valence-electron chi connectivity index (χ3n) is 11.3.